The van der Waals surface area contributed by atoms with Crippen molar-refractivity contribution < 1.29 is 9.47 Å². The van der Waals surface area contributed by atoms with Gasteiger partial charge in [0.1, 0.15) is 5.82 Å². The van der Waals surface area contributed by atoms with Gasteiger partial charge >= 0.3 is 0 Å². The van der Waals surface area contributed by atoms with Gasteiger partial charge in [-0.05, 0) is 37.1 Å². The molecule has 198 valence electrons. The van der Waals surface area contributed by atoms with E-state index in [4.69, 9.17) is 14.5 Å². The number of anilines is 1. The fourth-order valence-corrected chi connectivity index (χ4v) is 4.94. The second kappa shape index (κ2) is 12.3. The summed E-state index contributed by atoms with van der Waals surface area (Å²) >= 11 is 0. The van der Waals surface area contributed by atoms with Crippen molar-refractivity contribution in [2.75, 3.05) is 58.5 Å². The molecule has 38 heavy (non-hydrogen) atoms. The maximum absolute atomic E-state index is 5.52. The van der Waals surface area contributed by atoms with Crippen LogP contribution in [0, 0.1) is 0 Å². The summed E-state index contributed by atoms with van der Waals surface area (Å²) in [6, 6.07) is 17.4. The van der Waals surface area contributed by atoms with Crippen molar-refractivity contribution in [2.24, 2.45) is 0 Å². The first-order chi connectivity index (χ1) is 18.6. The summed E-state index contributed by atoms with van der Waals surface area (Å²) in [5.41, 5.74) is 8.01. The zero-order valence-electron chi connectivity index (χ0n) is 22.7. The van der Waals surface area contributed by atoms with E-state index in [1.807, 2.05) is 13.0 Å². The van der Waals surface area contributed by atoms with Crippen LogP contribution in [-0.4, -0.2) is 68.5 Å². The number of H-pyrrole nitrogens is 1. The molecule has 2 aromatic carbocycles. The number of benzene rings is 2. The zero-order chi connectivity index (χ0) is 26.3. The third-order valence-corrected chi connectivity index (χ3v) is 7.13. The average molecular weight is 511 g/mol. The molecule has 0 amide bonds. The molecule has 1 aliphatic heterocycles. The number of imidazole rings is 1. The smallest absolute Gasteiger partial charge is 0.138 e. The molecule has 1 aliphatic carbocycles. The van der Waals surface area contributed by atoms with Crippen molar-refractivity contribution in [3.05, 3.63) is 89.8 Å². The van der Waals surface area contributed by atoms with E-state index in [-0.39, 0.29) is 5.92 Å². The zero-order valence-corrected chi connectivity index (χ0v) is 22.7. The summed E-state index contributed by atoms with van der Waals surface area (Å²) in [7, 11) is 4.17. The molecule has 0 bridgehead atoms. The molecule has 1 aromatic heterocycles. The first-order valence-electron chi connectivity index (χ1n) is 13.6. The van der Waals surface area contributed by atoms with Gasteiger partial charge < -0.3 is 24.3 Å². The molecule has 1 atom stereocenters. The van der Waals surface area contributed by atoms with Crippen LogP contribution in [0.15, 0.2) is 78.5 Å². The highest BCUT2D eigenvalue weighted by Gasteiger charge is 2.22. The number of rotatable bonds is 9. The third-order valence-electron chi connectivity index (χ3n) is 7.13. The quantitative estimate of drug-likeness (QED) is 0.352. The number of morpholine rings is 1. The first kappa shape index (κ1) is 26.0. The van der Waals surface area contributed by atoms with Crippen molar-refractivity contribution >= 4 is 11.8 Å². The van der Waals surface area contributed by atoms with Crippen LogP contribution in [0.2, 0.25) is 0 Å². The van der Waals surface area contributed by atoms with E-state index in [1.54, 1.807) is 0 Å². The molecule has 0 spiro atoms. The van der Waals surface area contributed by atoms with E-state index >= 15 is 0 Å². The summed E-state index contributed by atoms with van der Waals surface area (Å²) < 4.78 is 10.9. The van der Waals surface area contributed by atoms with Crippen LogP contribution in [0.3, 0.4) is 0 Å². The van der Waals surface area contributed by atoms with Crippen LogP contribution in [0.25, 0.3) is 28.7 Å². The van der Waals surface area contributed by atoms with E-state index in [0.717, 1.165) is 73.2 Å². The molecule has 3 aromatic rings. The average Bonchev–Trinajstić information content (AvgIpc) is 3.42. The molecule has 0 radical (unpaired) electrons. The minimum atomic E-state index is 0.245. The van der Waals surface area contributed by atoms with Gasteiger partial charge in [-0.3, -0.25) is 0 Å². The highest BCUT2D eigenvalue weighted by atomic mass is 16.5. The normalized spacial score (nSPS) is 17.7. The Kier molecular flexibility index (Phi) is 8.41. The molecule has 6 nitrogen and oxygen atoms in total. The van der Waals surface area contributed by atoms with Crippen LogP contribution in [0.1, 0.15) is 30.5 Å². The lowest BCUT2D eigenvalue weighted by atomic mass is 9.93. The molecule has 1 N–H and O–H groups in total. The number of nitrogens with one attached hydrogen (secondary N) is 1. The number of aromatic nitrogens is 2. The van der Waals surface area contributed by atoms with E-state index in [2.05, 4.69) is 102 Å². The Morgan fingerprint density at radius 1 is 1.05 bits per heavy atom. The van der Waals surface area contributed by atoms with Crippen molar-refractivity contribution in [1.82, 2.24) is 14.9 Å². The van der Waals surface area contributed by atoms with Gasteiger partial charge in [-0.1, -0.05) is 60.7 Å². The maximum atomic E-state index is 5.52. The molecule has 1 unspecified atom stereocenters. The summed E-state index contributed by atoms with van der Waals surface area (Å²) in [5, 5.41) is 0. The Morgan fingerprint density at radius 3 is 2.45 bits per heavy atom. The van der Waals surface area contributed by atoms with E-state index < -0.39 is 0 Å². The highest BCUT2D eigenvalue weighted by Crippen LogP contribution is 2.36. The lowest BCUT2D eigenvalue weighted by Crippen LogP contribution is -2.36. The Morgan fingerprint density at radius 2 is 1.79 bits per heavy atom. The SMILES string of the molecule is CCOC/C=C/c1ccc(-c2nc(-c3ccc(N4CCOCC4)cc3)c(C3C=CC(N(C)C)=CC3)[nH]2)cc1. The predicted molar refractivity (Wildman–Crippen MR) is 156 cm³/mol. The van der Waals surface area contributed by atoms with E-state index in [9.17, 15) is 0 Å². The topological polar surface area (TPSA) is 53.6 Å². The van der Waals surface area contributed by atoms with Gasteiger partial charge in [-0.2, -0.15) is 0 Å². The number of hydrogen-bond acceptors (Lipinski definition) is 5. The van der Waals surface area contributed by atoms with Crippen molar-refractivity contribution in [2.45, 2.75) is 19.3 Å². The van der Waals surface area contributed by atoms with E-state index in [1.165, 1.54) is 11.4 Å². The Balaban J connectivity index is 1.43. The molecule has 2 aliphatic rings. The summed E-state index contributed by atoms with van der Waals surface area (Å²) in [4.78, 5) is 13.4. The van der Waals surface area contributed by atoms with Crippen LogP contribution >= 0.6 is 0 Å². The number of likely N-dealkylation sites (N-methyl/N-ethyl adjacent to an activating group) is 1. The Hall–Kier alpha value is -3.61. The predicted octanol–water partition coefficient (Wildman–Crippen LogP) is 6.12. The largest absolute Gasteiger partial charge is 0.378 e. The van der Waals surface area contributed by atoms with Crippen molar-refractivity contribution in [1.29, 1.82) is 0 Å². The molecule has 6 heteroatoms. The molecule has 1 fully saturated rings. The molecular formula is C32H38N4O2. The van der Waals surface area contributed by atoms with Gasteiger partial charge in [0.15, 0.2) is 0 Å². The lowest BCUT2D eigenvalue weighted by molar-refractivity contribution is 0.122. The molecular weight excluding hydrogens is 472 g/mol. The standard InChI is InChI=1S/C32H38N4O2/c1-4-37-21-5-6-24-7-9-27(10-8-24)32-33-30(25-11-15-28(16-12-25)35(2)3)31(34-32)26-13-17-29(18-14-26)36-19-22-38-23-20-36/h5-11,13-18,25H,4,12,19-23H2,1-3H3,(H,33,34)/b6-5+. The molecule has 1 saturated heterocycles. The van der Waals surface area contributed by atoms with Crippen molar-refractivity contribution in [3.63, 3.8) is 0 Å². The highest BCUT2D eigenvalue weighted by molar-refractivity contribution is 5.71. The van der Waals surface area contributed by atoms with Gasteiger partial charge in [0.2, 0.25) is 0 Å². The summed E-state index contributed by atoms with van der Waals surface area (Å²) in [5.74, 6) is 1.14. The van der Waals surface area contributed by atoms with Crippen LogP contribution in [0.5, 0.6) is 0 Å². The van der Waals surface area contributed by atoms with Crippen molar-refractivity contribution in [3.8, 4) is 22.6 Å². The number of hydrogen-bond donors (Lipinski definition) is 1. The third kappa shape index (κ3) is 6.09. The maximum Gasteiger partial charge on any atom is 0.138 e. The van der Waals surface area contributed by atoms with Gasteiger partial charge in [0.05, 0.1) is 31.2 Å². The monoisotopic (exact) mass is 510 g/mol. The summed E-state index contributed by atoms with van der Waals surface area (Å²) in [6.07, 6.45) is 11.9. The van der Waals surface area contributed by atoms with Gasteiger partial charge in [0, 0.05) is 62.2 Å². The Bertz CT molecular complexity index is 1280. The number of nitrogens with zero attached hydrogens (tertiary/aromatic N) is 3. The Labute approximate surface area is 226 Å². The van der Waals surface area contributed by atoms with Crippen LogP contribution in [-0.2, 0) is 9.47 Å². The van der Waals surface area contributed by atoms with Crippen LogP contribution in [0.4, 0.5) is 5.69 Å². The minimum absolute atomic E-state index is 0.245. The number of aromatic amines is 1. The second-order valence-corrected chi connectivity index (χ2v) is 9.90. The summed E-state index contributed by atoms with van der Waals surface area (Å²) in [6.45, 7) is 6.80. The first-order valence-corrected chi connectivity index (χ1v) is 13.6. The molecule has 0 saturated carbocycles. The second-order valence-electron chi connectivity index (χ2n) is 9.90. The lowest BCUT2D eigenvalue weighted by Gasteiger charge is -2.28. The van der Waals surface area contributed by atoms with E-state index in [0.29, 0.717) is 6.61 Å². The fourth-order valence-electron chi connectivity index (χ4n) is 4.94. The number of ether oxygens (including phenoxy) is 2. The molecule has 5 rings (SSSR count). The van der Waals surface area contributed by atoms with Gasteiger partial charge in [-0.15, -0.1) is 0 Å². The fraction of sp³-hybridized carbons (Fsp3) is 0.344. The number of allylic oxidation sites excluding steroid dienone is 3. The minimum Gasteiger partial charge on any atom is -0.378 e. The van der Waals surface area contributed by atoms with Gasteiger partial charge in [-0.25, -0.2) is 4.98 Å². The molecule has 2 heterocycles. The van der Waals surface area contributed by atoms with Gasteiger partial charge in [0.25, 0.3) is 0 Å². The van der Waals surface area contributed by atoms with Crippen LogP contribution < -0.4 is 4.90 Å².